The molecule has 0 unspecified atom stereocenters. The lowest BCUT2D eigenvalue weighted by Gasteiger charge is -2.49. The summed E-state index contributed by atoms with van der Waals surface area (Å²) in [4.78, 5) is 28.9. The highest BCUT2D eigenvalue weighted by Gasteiger charge is 2.49. The van der Waals surface area contributed by atoms with Crippen molar-refractivity contribution in [2.75, 3.05) is 7.11 Å². The average Bonchev–Trinajstić information content (AvgIpc) is 2.78. The molecule has 1 heterocycles. The molecule has 0 spiro atoms. The quantitative estimate of drug-likeness (QED) is 0.813. The molecule has 1 saturated carbocycles. The van der Waals surface area contributed by atoms with Gasteiger partial charge in [-0.3, -0.25) is 9.59 Å². The molecule has 5 heteroatoms. The van der Waals surface area contributed by atoms with Gasteiger partial charge in [0.1, 0.15) is 11.3 Å². The number of hydrogen-bond donors (Lipinski definition) is 1. The van der Waals surface area contributed by atoms with Crippen LogP contribution in [-0.2, 0) is 17.8 Å². The first-order valence-electron chi connectivity index (χ1n) is 10.9. The minimum Gasteiger partial charge on any atom is -0.497 e. The van der Waals surface area contributed by atoms with E-state index in [-0.39, 0.29) is 17.9 Å². The molecule has 2 aromatic rings. The minimum absolute atomic E-state index is 0.00847. The van der Waals surface area contributed by atoms with E-state index in [0.29, 0.717) is 13.0 Å². The van der Waals surface area contributed by atoms with Crippen molar-refractivity contribution in [2.24, 2.45) is 0 Å². The summed E-state index contributed by atoms with van der Waals surface area (Å²) in [5.41, 5.74) is 1.81. The van der Waals surface area contributed by atoms with Crippen molar-refractivity contribution in [3.05, 3.63) is 65.2 Å². The van der Waals surface area contributed by atoms with Gasteiger partial charge >= 0.3 is 0 Å². The number of carbonyl (C=O) groups is 2. The van der Waals surface area contributed by atoms with Crippen LogP contribution in [0.25, 0.3) is 0 Å². The lowest BCUT2D eigenvalue weighted by Crippen LogP contribution is -2.65. The molecule has 1 atom stereocenters. The molecule has 5 nitrogen and oxygen atoms in total. The fourth-order valence-electron chi connectivity index (χ4n) is 4.91. The van der Waals surface area contributed by atoms with E-state index in [0.717, 1.165) is 48.1 Å². The van der Waals surface area contributed by atoms with Crippen LogP contribution in [-0.4, -0.2) is 35.4 Å². The van der Waals surface area contributed by atoms with Crippen LogP contribution in [0.2, 0.25) is 0 Å². The van der Waals surface area contributed by atoms with Crippen molar-refractivity contribution in [3.63, 3.8) is 0 Å². The SMILES string of the molecule is COc1ccc(CNC(=O)[C@]2(C)Cc3ccccc3C(=O)N2C2CCCCC2)cc1. The molecule has 0 radical (unpaired) electrons. The smallest absolute Gasteiger partial charge is 0.255 e. The number of nitrogens with zero attached hydrogens (tertiary/aromatic N) is 1. The van der Waals surface area contributed by atoms with Gasteiger partial charge in [0.05, 0.1) is 7.11 Å². The van der Waals surface area contributed by atoms with Crippen molar-refractivity contribution >= 4 is 11.8 Å². The number of nitrogens with one attached hydrogen (secondary N) is 1. The molecular weight excluding hydrogens is 376 g/mol. The number of carbonyl (C=O) groups excluding carboxylic acids is 2. The van der Waals surface area contributed by atoms with Gasteiger partial charge in [-0.2, -0.15) is 0 Å². The lowest BCUT2D eigenvalue weighted by molar-refractivity contribution is -0.133. The van der Waals surface area contributed by atoms with Gasteiger partial charge in [-0.1, -0.05) is 49.6 Å². The maximum absolute atomic E-state index is 13.5. The maximum atomic E-state index is 13.5. The lowest BCUT2D eigenvalue weighted by atomic mass is 9.79. The Hall–Kier alpha value is -2.82. The highest BCUT2D eigenvalue weighted by atomic mass is 16.5. The maximum Gasteiger partial charge on any atom is 0.255 e. The van der Waals surface area contributed by atoms with Crippen molar-refractivity contribution in [1.82, 2.24) is 10.2 Å². The molecule has 2 aromatic carbocycles. The molecule has 158 valence electrons. The van der Waals surface area contributed by atoms with Crippen LogP contribution in [0.1, 0.15) is 60.5 Å². The summed E-state index contributed by atoms with van der Waals surface area (Å²) < 4.78 is 5.20. The van der Waals surface area contributed by atoms with Gasteiger partial charge in [-0.15, -0.1) is 0 Å². The van der Waals surface area contributed by atoms with Gasteiger partial charge in [0.25, 0.3) is 5.91 Å². The first-order chi connectivity index (χ1) is 14.5. The zero-order valence-electron chi connectivity index (χ0n) is 17.8. The Labute approximate surface area is 178 Å². The van der Waals surface area contributed by atoms with Crippen molar-refractivity contribution in [2.45, 2.75) is 63.6 Å². The van der Waals surface area contributed by atoms with Gasteiger partial charge in [0, 0.05) is 24.6 Å². The molecular formula is C25H30N2O3. The number of amides is 2. The molecule has 1 fully saturated rings. The summed E-state index contributed by atoms with van der Waals surface area (Å²) in [6, 6.07) is 15.5. The van der Waals surface area contributed by atoms with Crippen LogP contribution in [0.3, 0.4) is 0 Å². The summed E-state index contributed by atoms with van der Waals surface area (Å²) in [5.74, 6) is 0.688. The van der Waals surface area contributed by atoms with Crippen LogP contribution in [0.5, 0.6) is 5.75 Å². The van der Waals surface area contributed by atoms with Crippen LogP contribution in [0, 0.1) is 0 Å². The van der Waals surface area contributed by atoms with E-state index in [4.69, 9.17) is 4.74 Å². The summed E-state index contributed by atoms with van der Waals surface area (Å²) in [5, 5.41) is 3.09. The highest BCUT2D eigenvalue weighted by molar-refractivity contribution is 6.02. The topological polar surface area (TPSA) is 58.6 Å². The normalized spacial score (nSPS) is 21.8. The van der Waals surface area contributed by atoms with E-state index in [1.807, 2.05) is 60.4 Å². The molecule has 1 aliphatic heterocycles. The second-order valence-corrected chi connectivity index (χ2v) is 8.61. The Morgan fingerprint density at radius 2 is 1.80 bits per heavy atom. The number of rotatable bonds is 5. The Morgan fingerprint density at radius 1 is 1.10 bits per heavy atom. The number of methoxy groups -OCH3 is 1. The summed E-state index contributed by atoms with van der Waals surface area (Å²) >= 11 is 0. The van der Waals surface area contributed by atoms with Gasteiger partial charge in [0.2, 0.25) is 5.91 Å². The average molecular weight is 407 g/mol. The fraction of sp³-hybridized carbons (Fsp3) is 0.440. The molecule has 1 aliphatic carbocycles. The van der Waals surface area contributed by atoms with Crippen LogP contribution in [0.4, 0.5) is 0 Å². The van der Waals surface area contributed by atoms with Gasteiger partial charge in [0.15, 0.2) is 0 Å². The summed E-state index contributed by atoms with van der Waals surface area (Å²) in [6.45, 7) is 2.35. The molecule has 30 heavy (non-hydrogen) atoms. The molecule has 4 rings (SSSR count). The first kappa shape index (κ1) is 20.5. The zero-order chi connectivity index (χ0) is 21.1. The largest absolute Gasteiger partial charge is 0.497 e. The summed E-state index contributed by atoms with van der Waals surface area (Å²) in [7, 11) is 1.63. The van der Waals surface area contributed by atoms with E-state index >= 15 is 0 Å². The Kier molecular flexibility index (Phi) is 5.80. The molecule has 1 N–H and O–H groups in total. The van der Waals surface area contributed by atoms with Crippen LogP contribution >= 0.6 is 0 Å². The summed E-state index contributed by atoms with van der Waals surface area (Å²) in [6.07, 6.45) is 5.90. The first-order valence-corrected chi connectivity index (χ1v) is 10.9. The highest BCUT2D eigenvalue weighted by Crippen LogP contribution is 2.37. The minimum atomic E-state index is -0.889. The number of fused-ring (bicyclic) bond motifs is 1. The third kappa shape index (κ3) is 3.81. The van der Waals surface area contributed by atoms with E-state index in [1.165, 1.54) is 6.42 Å². The second-order valence-electron chi connectivity index (χ2n) is 8.61. The monoisotopic (exact) mass is 406 g/mol. The number of benzene rings is 2. The van der Waals surface area contributed by atoms with Crippen LogP contribution in [0.15, 0.2) is 48.5 Å². The molecule has 2 amide bonds. The molecule has 0 saturated heterocycles. The van der Waals surface area contributed by atoms with Gasteiger partial charge in [-0.25, -0.2) is 0 Å². The van der Waals surface area contributed by atoms with Crippen molar-refractivity contribution in [1.29, 1.82) is 0 Å². The predicted octanol–water partition coefficient (Wildman–Crippen LogP) is 4.10. The fourth-order valence-corrected chi connectivity index (χ4v) is 4.91. The van der Waals surface area contributed by atoms with E-state index in [9.17, 15) is 9.59 Å². The number of hydrogen-bond acceptors (Lipinski definition) is 3. The third-order valence-electron chi connectivity index (χ3n) is 6.57. The zero-order valence-corrected chi connectivity index (χ0v) is 17.8. The van der Waals surface area contributed by atoms with Crippen molar-refractivity contribution < 1.29 is 14.3 Å². The third-order valence-corrected chi connectivity index (χ3v) is 6.57. The Balaban J connectivity index is 1.59. The number of ether oxygens (including phenoxy) is 1. The standard InChI is InChI=1S/C25H30N2O3/c1-25(24(29)26-17-18-12-14-21(30-2)15-13-18)16-19-8-6-7-11-22(19)23(28)27(25)20-9-4-3-5-10-20/h6-8,11-15,20H,3-5,9-10,16-17H2,1-2H3,(H,26,29)/t25-/m0/s1. The molecule has 0 aromatic heterocycles. The second kappa shape index (κ2) is 8.50. The van der Waals surface area contributed by atoms with E-state index in [2.05, 4.69) is 5.32 Å². The molecule has 2 aliphatic rings. The van der Waals surface area contributed by atoms with Gasteiger partial charge < -0.3 is 15.0 Å². The molecule has 0 bridgehead atoms. The van der Waals surface area contributed by atoms with Crippen molar-refractivity contribution in [3.8, 4) is 5.75 Å². The van der Waals surface area contributed by atoms with E-state index in [1.54, 1.807) is 7.11 Å². The Bertz CT molecular complexity index is 918. The van der Waals surface area contributed by atoms with Crippen LogP contribution < -0.4 is 10.1 Å². The van der Waals surface area contributed by atoms with Gasteiger partial charge in [-0.05, 0) is 49.1 Å². The van der Waals surface area contributed by atoms with E-state index < -0.39 is 5.54 Å². The Morgan fingerprint density at radius 3 is 2.50 bits per heavy atom. The predicted molar refractivity (Wildman–Crippen MR) is 116 cm³/mol.